The van der Waals surface area contributed by atoms with Gasteiger partial charge in [-0.1, -0.05) is 11.6 Å². The number of hydrogen-bond donors (Lipinski definition) is 4. The Hall–Kier alpha value is -3.54. The van der Waals surface area contributed by atoms with Crippen molar-refractivity contribution < 1.29 is 28.7 Å². The summed E-state index contributed by atoms with van der Waals surface area (Å²) in [6, 6.07) is 9.40. The highest BCUT2D eigenvalue weighted by molar-refractivity contribution is 6.31. The third-order valence-electron chi connectivity index (χ3n) is 4.84. The Bertz CT molecular complexity index is 1200. The molecule has 35 heavy (non-hydrogen) atoms. The Morgan fingerprint density at radius 3 is 2.54 bits per heavy atom. The quantitative estimate of drug-likeness (QED) is 0.163. The molecule has 1 aromatic heterocycles. The molecule has 3 rings (SSSR count). The Balaban J connectivity index is 1.83. The number of anilines is 3. The minimum atomic E-state index is -0.549. The van der Waals surface area contributed by atoms with Crippen LogP contribution in [0.2, 0.25) is 5.02 Å². The predicted molar refractivity (Wildman–Crippen MR) is 129 cm³/mol. The zero-order valence-corrected chi connectivity index (χ0v) is 19.7. The number of carbonyl (C=O) groups excluding carboxylic acids is 2. The van der Waals surface area contributed by atoms with Gasteiger partial charge in [-0.15, -0.1) is 0 Å². The van der Waals surface area contributed by atoms with Crippen LogP contribution in [-0.4, -0.2) is 47.3 Å². The number of amides is 2. The van der Waals surface area contributed by atoms with Crippen molar-refractivity contribution in [2.24, 2.45) is 0 Å². The highest BCUT2D eigenvalue weighted by Crippen LogP contribution is 2.29. The highest BCUT2D eigenvalue weighted by atomic mass is 35.5. The van der Waals surface area contributed by atoms with E-state index in [1.165, 1.54) is 18.2 Å². The molecule has 2 aromatic carbocycles. The van der Waals surface area contributed by atoms with Crippen LogP contribution >= 0.6 is 11.6 Å². The maximum absolute atomic E-state index is 13.6. The second kappa shape index (κ2) is 12.8. The van der Waals surface area contributed by atoms with Gasteiger partial charge in [0, 0.05) is 37.1 Å². The van der Waals surface area contributed by atoms with E-state index >= 15 is 0 Å². The summed E-state index contributed by atoms with van der Waals surface area (Å²) in [6.07, 6.45) is 1.11. The molecule has 1 heterocycles. The molecular weight excluding hydrogens is 481 g/mol. The second-order valence-corrected chi connectivity index (χ2v) is 7.87. The summed E-state index contributed by atoms with van der Waals surface area (Å²) in [5.41, 5.74) is 2.55. The number of aromatic nitrogens is 2. The summed E-state index contributed by atoms with van der Waals surface area (Å²) in [5, 5.41) is 14.9. The maximum atomic E-state index is 13.6. The Morgan fingerprint density at radius 2 is 1.83 bits per heavy atom. The predicted octanol–water partition coefficient (Wildman–Crippen LogP) is 4.20. The zero-order valence-electron chi connectivity index (χ0n) is 18.9. The first-order valence-electron chi connectivity index (χ1n) is 10.8. The number of rotatable bonds is 12. The number of benzene rings is 2. The van der Waals surface area contributed by atoms with Crippen LogP contribution in [0.25, 0.3) is 10.9 Å². The lowest BCUT2D eigenvalue weighted by Crippen LogP contribution is -2.18. The number of methoxy groups -OCH3 is 1. The third kappa shape index (κ3) is 7.74. The van der Waals surface area contributed by atoms with Crippen LogP contribution in [0.1, 0.15) is 25.7 Å². The van der Waals surface area contributed by atoms with E-state index in [1.807, 2.05) is 0 Å². The van der Waals surface area contributed by atoms with Crippen molar-refractivity contribution in [3.05, 3.63) is 47.2 Å². The second-order valence-electron chi connectivity index (χ2n) is 7.46. The lowest BCUT2D eigenvalue weighted by Gasteiger charge is -2.13. The van der Waals surface area contributed by atoms with Gasteiger partial charge in [-0.2, -0.15) is 4.98 Å². The summed E-state index contributed by atoms with van der Waals surface area (Å²) >= 11 is 5.90. The van der Waals surface area contributed by atoms with Crippen LogP contribution in [0.15, 0.2) is 36.4 Å². The van der Waals surface area contributed by atoms with Gasteiger partial charge in [0.25, 0.3) is 0 Å². The topological polar surface area (TPSA) is 135 Å². The fraction of sp³-hybridized carbons (Fsp3) is 0.304. The molecule has 0 aliphatic heterocycles. The van der Waals surface area contributed by atoms with E-state index in [-0.39, 0.29) is 29.7 Å². The average Bonchev–Trinajstić information content (AvgIpc) is 2.84. The summed E-state index contributed by atoms with van der Waals surface area (Å²) < 4.78 is 24.2. The average molecular weight is 506 g/mol. The van der Waals surface area contributed by atoms with Crippen LogP contribution in [0, 0.1) is 5.82 Å². The molecule has 0 bridgehead atoms. The molecule has 0 radical (unpaired) electrons. The Kier molecular flexibility index (Phi) is 9.53. The van der Waals surface area contributed by atoms with Crippen LogP contribution in [0.5, 0.6) is 5.75 Å². The Morgan fingerprint density at radius 1 is 1.06 bits per heavy atom. The van der Waals surface area contributed by atoms with Gasteiger partial charge in [0.2, 0.25) is 17.8 Å². The monoisotopic (exact) mass is 505 g/mol. The summed E-state index contributed by atoms with van der Waals surface area (Å²) in [6.45, 7) is 0.769. The van der Waals surface area contributed by atoms with Crippen molar-refractivity contribution in [2.45, 2.75) is 25.7 Å². The van der Waals surface area contributed by atoms with Gasteiger partial charge >= 0.3 is 0 Å². The third-order valence-corrected chi connectivity index (χ3v) is 5.13. The van der Waals surface area contributed by atoms with E-state index in [4.69, 9.17) is 26.3 Å². The first-order chi connectivity index (χ1) is 16.9. The van der Waals surface area contributed by atoms with E-state index < -0.39 is 11.7 Å². The van der Waals surface area contributed by atoms with Crippen molar-refractivity contribution in [1.29, 1.82) is 0 Å². The molecule has 0 saturated carbocycles. The van der Waals surface area contributed by atoms with Gasteiger partial charge in [-0.3, -0.25) is 20.1 Å². The van der Waals surface area contributed by atoms with Crippen LogP contribution in [0.3, 0.4) is 0 Å². The van der Waals surface area contributed by atoms with Gasteiger partial charge in [-0.05, 0) is 43.2 Å². The van der Waals surface area contributed by atoms with E-state index in [0.717, 1.165) is 0 Å². The number of fused-ring (bicyclic) bond motifs is 1. The van der Waals surface area contributed by atoms with Crippen molar-refractivity contribution >= 4 is 51.8 Å². The largest absolute Gasteiger partial charge is 0.491 e. The number of halogens is 2. The first-order valence-corrected chi connectivity index (χ1v) is 11.2. The van der Waals surface area contributed by atoms with Gasteiger partial charge in [0.15, 0.2) is 0 Å². The fourth-order valence-corrected chi connectivity index (χ4v) is 3.30. The van der Waals surface area contributed by atoms with Crippen molar-refractivity contribution in [3.63, 3.8) is 0 Å². The number of nitrogens with one attached hydrogen (secondary N) is 3. The van der Waals surface area contributed by atoms with Crippen LogP contribution in [0.4, 0.5) is 21.8 Å². The van der Waals surface area contributed by atoms with Gasteiger partial charge in [-0.25, -0.2) is 14.9 Å². The van der Waals surface area contributed by atoms with Crippen molar-refractivity contribution in [1.82, 2.24) is 15.4 Å². The highest BCUT2D eigenvalue weighted by Gasteiger charge is 2.13. The van der Waals surface area contributed by atoms with Crippen molar-refractivity contribution in [3.8, 4) is 5.75 Å². The first kappa shape index (κ1) is 26.1. The molecule has 12 heteroatoms. The molecule has 186 valence electrons. The SMILES string of the molecule is COCCOc1ccc2c(Nc3ccc(F)c(Cl)c3)nc(NC(=O)CCCCC(=O)NO)nc2c1. The molecular formula is C23H25ClFN5O5. The molecule has 10 nitrogen and oxygen atoms in total. The van der Waals surface area contributed by atoms with E-state index in [9.17, 15) is 14.0 Å². The molecule has 4 N–H and O–H groups in total. The van der Waals surface area contributed by atoms with Gasteiger partial charge in [0.05, 0.1) is 17.1 Å². The molecule has 0 fully saturated rings. The molecule has 2 amide bonds. The smallest absolute Gasteiger partial charge is 0.243 e. The standard InChI is InChI=1S/C23H25ClFN5O5/c1-34-10-11-35-15-7-8-16-19(13-15)27-23(28-20(31)4-2-3-5-21(32)30-33)29-22(16)26-14-6-9-18(25)17(24)12-14/h6-9,12-13,33H,2-5,10-11H2,1H3,(H,30,32)(H2,26,27,28,29,31). The normalized spacial score (nSPS) is 10.7. The van der Waals surface area contributed by atoms with E-state index in [1.54, 1.807) is 30.8 Å². The molecule has 0 aliphatic rings. The Labute approximate surface area is 205 Å². The zero-order chi connectivity index (χ0) is 25.2. The minimum Gasteiger partial charge on any atom is -0.491 e. The summed E-state index contributed by atoms with van der Waals surface area (Å²) in [7, 11) is 1.58. The number of ether oxygens (including phenoxy) is 2. The number of carbonyl (C=O) groups is 2. The number of hydroxylamine groups is 1. The van der Waals surface area contributed by atoms with Crippen molar-refractivity contribution in [2.75, 3.05) is 31.0 Å². The molecule has 0 aliphatic carbocycles. The molecule has 0 saturated heterocycles. The number of hydrogen-bond acceptors (Lipinski definition) is 8. The number of unbranched alkanes of at least 4 members (excludes halogenated alkanes) is 1. The lowest BCUT2D eigenvalue weighted by molar-refractivity contribution is -0.129. The van der Waals surface area contributed by atoms with E-state index in [0.29, 0.717) is 54.2 Å². The van der Waals surface area contributed by atoms with Crippen LogP contribution in [-0.2, 0) is 14.3 Å². The van der Waals surface area contributed by atoms with Crippen LogP contribution < -0.4 is 20.9 Å². The van der Waals surface area contributed by atoms with Gasteiger partial charge in [0.1, 0.15) is 24.0 Å². The fourth-order valence-electron chi connectivity index (χ4n) is 3.12. The van der Waals surface area contributed by atoms with E-state index in [2.05, 4.69) is 20.6 Å². The van der Waals surface area contributed by atoms with Gasteiger partial charge < -0.3 is 14.8 Å². The summed E-state index contributed by atoms with van der Waals surface area (Å²) in [4.78, 5) is 32.3. The maximum Gasteiger partial charge on any atom is 0.243 e. The lowest BCUT2D eigenvalue weighted by atomic mass is 10.2. The minimum absolute atomic E-state index is 0.0504. The molecule has 0 unspecified atom stereocenters. The molecule has 0 spiro atoms. The molecule has 3 aromatic rings. The number of nitrogens with zero attached hydrogens (tertiary/aromatic N) is 2. The molecule has 0 atom stereocenters. The summed E-state index contributed by atoms with van der Waals surface area (Å²) in [5.74, 6) is -0.410.